The second-order valence-corrected chi connectivity index (χ2v) is 9.07. The van der Waals surface area contributed by atoms with Gasteiger partial charge < -0.3 is 8.84 Å². The van der Waals surface area contributed by atoms with E-state index in [1.54, 1.807) is 12.1 Å². The van der Waals surface area contributed by atoms with Gasteiger partial charge in [0.1, 0.15) is 11.3 Å². The molecule has 0 radical (unpaired) electrons. The van der Waals surface area contributed by atoms with Crippen LogP contribution < -0.4 is 10.1 Å². The Balaban J connectivity index is 2.58. The average Bonchev–Trinajstić information content (AvgIpc) is 2.15. The zero-order valence-corrected chi connectivity index (χ0v) is 10.6. The highest BCUT2D eigenvalue weighted by Gasteiger charge is 2.17. The molecule has 0 aliphatic carbocycles. The largest absolute Gasteiger partial charge is 0.544 e. The van der Waals surface area contributed by atoms with Crippen LogP contribution in [0.1, 0.15) is 0 Å². The van der Waals surface area contributed by atoms with Gasteiger partial charge in [-0.3, -0.25) is 0 Å². The second kappa shape index (κ2) is 3.79. The molecule has 0 spiro atoms. The minimum atomic E-state index is -1.65. The van der Waals surface area contributed by atoms with Crippen LogP contribution in [0.25, 0.3) is 11.0 Å². The maximum Gasteiger partial charge on any atom is 0.336 e. The molecule has 0 atom stereocenters. The van der Waals surface area contributed by atoms with Crippen molar-refractivity contribution in [2.45, 2.75) is 19.6 Å². The molecule has 0 saturated heterocycles. The van der Waals surface area contributed by atoms with Crippen molar-refractivity contribution in [2.24, 2.45) is 0 Å². The highest BCUT2D eigenvalue weighted by molar-refractivity contribution is 6.70. The summed E-state index contributed by atoms with van der Waals surface area (Å²) in [6, 6.07) is 8.67. The predicted molar refractivity (Wildman–Crippen MR) is 66.5 cm³/mol. The lowest BCUT2D eigenvalue weighted by Gasteiger charge is -2.20. The molecule has 0 unspecified atom stereocenters. The molecule has 0 aliphatic heterocycles. The smallest absolute Gasteiger partial charge is 0.336 e. The Hall–Kier alpha value is -1.55. The maximum atomic E-state index is 11.1. The van der Waals surface area contributed by atoms with Crippen LogP contribution >= 0.6 is 0 Å². The van der Waals surface area contributed by atoms with Gasteiger partial charge in [-0.2, -0.15) is 0 Å². The van der Waals surface area contributed by atoms with Crippen molar-refractivity contribution in [1.29, 1.82) is 0 Å². The van der Waals surface area contributed by atoms with Crippen LogP contribution in [-0.4, -0.2) is 8.32 Å². The van der Waals surface area contributed by atoms with Crippen molar-refractivity contribution >= 4 is 19.3 Å². The SMILES string of the molecule is C[Si](C)(C)Oc1cccc2oc(=O)ccc12. The molecule has 84 valence electrons. The van der Waals surface area contributed by atoms with Gasteiger partial charge in [0, 0.05) is 6.07 Å². The topological polar surface area (TPSA) is 39.4 Å². The molecule has 1 heterocycles. The minimum Gasteiger partial charge on any atom is -0.544 e. The van der Waals surface area contributed by atoms with Crippen LogP contribution in [0, 0.1) is 0 Å². The van der Waals surface area contributed by atoms with E-state index in [9.17, 15) is 4.79 Å². The van der Waals surface area contributed by atoms with Crippen LogP contribution in [0.4, 0.5) is 0 Å². The lowest BCUT2D eigenvalue weighted by Crippen LogP contribution is -2.29. The third-order valence-electron chi connectivity index (χ3n) is 2.04. The van der Waals surface area contributed by atoms with Crippen molar-refractivity contribution < 1.29 is 8.84 Å². The molecule has 0 bridgehead atoms. The summed E-state index contributed by atoms with van der Waals surface area (Å²) in [5.41, 5.74) is 0.237. The Kier molecular flexibility index (Phi) is 2.59. The van der Waals surface area contributed by atoms with Crippen LogP contribution in [0.2, 0.25) is 19.6 Å². The lowest BCUT2D eigenvalue weighted by atomic mass is 10.2. The molecule has 0 fully saturated rings. The quantitative estimate of drug-likeness (QED) is 0.592. The Morgan fingerprint density at radius 1 is 1.12 bits per heavy atom. The van der Waals surface area contributed by atoms with Gasteiger partial charge in [0.25, 0.3) is 0 Å². The molecule has 16 heavy (non-hydrogen) atoms. The van der Waals surface area contributed by atoms with Gasteiger partial charge in [0.05, 0.1) is 5.39 Å². The first kappa shape index (κ1) is 10.9. The zero-order chi connectivity index (χ0) is 11.8. The monoisotopic (exact) mass is 234 g/mol. The Morgan fingerprint density at radius 3 is 2.56 bits per heavy atom. The fourth-order valence-electron chi connectivity index (χ4n) is 1.49. The van der Waals surface area contributed by atoms with Crippen molar-refractivity contribution in [2.75, 3.05) is 0 Å². The second-order valence-electron chi connectivity index (χ2n) is 4.64. The summed E-state index contributed by atoms with van der Waals surface area (Å²) in [5, 5.41) is 0.851. The van der Waals surface area contributed by atoms with Gasteiger partial charge in [-0.25, -0.2) is 4.79 Å². The van der Waals surface area contributed by atoms with Crippen molar-refractivity contribution in [1.82, 2.24) is 0 Å². The summed E-state index contributed by atoms with van der Waals surface area (Å²) in [7, 11) is -1.65. The van der Waals surface area contributed by atoms with Crippen molar-refractivity contribution in [3.63, 3.8) is 0 Å². The Bertz CT molecular complexity index is 566. The molecule has 0 amide bonds. The molecule has 0 saturated carbocycles. The first-order chi connectivity index (χ1) is 7.46. The molecule has 1 aromatic carbocycles. The molecule has 0 N–H and O–H groups in total. The zero-order valence-electron chi connectivity index (χ0n) is 9.61. The van der Waals surface area contributed by atoms with E-state index in [0.717, 1.165) is 11.1 Å². The van der Waals surface area contributed by atoms with E-state index in [-0.39, 0.29) is 5.63 Å². The van der Waals surface area contributed by atoms with Gasteiger partial charge in [-0.15, -0.1) is 0 Å². The number of rotatable bonds is 2. The molecular formula is C12H14O3Si. The summed E-state index contributed by atoms with van der Waals surface area (Å²) in [5.74, 6) is 0.792. The number of hydrogen-bond acceptors (Lipinski definition) is 3. The van der Waals surface area contributed by atoms with Crippen LogP contribution in [-0.2, 0) is 0 Å². The van der Waals surface area contributed by atoms with Crippen LogP contribution in [0.5, 0.6) is 5.75 Å². The van der Waals surface area contributed by atoms with E-state index in [1.807, 2.05) is 12.1 Å². The summed E-state index contributed by atoms with van der Waals surface area (Å²) in [6.45, 7) is 6.35. The number of fused-ring (bicyclic) bond motifs is 1. The first-order valence-corrected chi connectivity index (χ1v) is 8.58. The number of hydrogen-bond donors (Lipinski definition) is 0. The van der Waals surface area contributed by atoms with E-state index >= 15 is 0 Å². The summed E-state index contributed by atoms with van der Waals surface area (Å²) >= 11 is 0. The molecule has 2 aromatic rings. The van der Waals surface area contributed by atoms with E-state index in [1.165, 1.54) is 6.07 Å². The highest BCUT2D eigenvalue weighted by Crippen LogP contribution is 2.26. The van der Waals surface area contributed by atoms with Gasteiger partial charge in [0.2, 0.25) is 8.32 Å². The van der Waals surface area contributed by atoms with E-state index in [4.69, 9.17) is 8.84 Å². The lowest BCUT2D eigenvalue weighted by molar-refractivity contribution is 0.547. The van der Waals surface area contributed by atoms with Gasteiger partial charge in [0.15, 0.2) is 0 Å². The van der Waals surface area contributed by atoms with Gasteiger partial charge in [-0.1, -0.05) is 6.07 Å². The average molecular weight is 234 g/mol. The van der Waals surface area contributed by atoms with Gasteiger partial charge in [-0.05, 0) is 37.8 Å². The molecule has 3 nitrogen and oxygen atoms in total. The summed E-state index contributed by atoms with van der Waals surface area (Å²) in [4.78, 5) is 11.1. The van der Waals surface area contributed by atoms with Gasteiger partial charge >= 0.3 is 5.63 Å². The normalized spacial score (nSPS) is 11.7. The van der Waals surface area contributed by atoms with E-state index < -0.39 is 8.32 Å². The Morgan fingerprint density at radius 2 is 1.88 bits per heavy atom. The molecule has 4 heteroatoms. The van der Waals surface area contributed by atoms with Crippen molar-refractivity contribution in [3.8, 4) is 5.75 Å². The summed E-state index contributed by atoms with van der Waals surface area (Å²) in [6.07, 6.45) is 0. The third-order valence-corrected chi connectivity index (χ3v) is 2.87. The fraction of sp³-hybridized carbons (Fsp3) is 0.250. The van der Waals surface area contributed by atoms with Crippen LogP contribution in [0.3, 0.4) is 0 Å². The van der Waals surface area contributed by atoms with Crippen molar-refractivity contribution in [3.05, 3.63) is 40.8 Å². The molecule has 0 aliphatic rings. The van der Waals surface area contributed by atoms with E-state index in [0.29, 0.717) is 5.58 Å². The Labute approximate surface area is 94.8 Å². The van der Waals surface area contributed by atoms with Crippen LogP contribution in [0.15, 0.2) is 39.5 Å². The standard InChI is InChI=1S/C12H14O3Si/c1-16(2,3)15-11-6-4-5-10-9(11)7-8-12(13)14-10/h4-8H,1-3H3. The molecular weight excluding hydrogens is 220 g/mol. The highest BCUT2D eigenvalue weighted by atomic mass is 28.4. The minimum absolute atomic E-state index is 0.336. The fourth-order valence-corrected chi connectivity index (χ4v) is 2.33. The summed E-state index contributed by atoms with van der Waals surface area (Å²) < 4.78 is 11.0. The predicted octanol–water partition coefficient (Wildman–Crippen LogP) is 3.01. The molecule has 1 aromatic heterocycles. The van der Waals surface area contributed by atoms with E-state index in [2.05, 4.69) is 19.6 Å². The maximum absolute atomic E-state index is 11.1. The molecule has 2 rings (SSSR count). The number of benzene rings is 1. The first-order valence-electron chi connectivity index (χ1n) is 5.18. The third kappa shape index (κ3) is 2.33.